The van der Waals surface area contributed by atoms with Crippen LogP contribution in [0.3, 0.4) is 0 Å². The van der Waals surface area contributed by atoms with Crippen molar-refractivity contribution in [1.82, 2.24) is 0 Å². The molecule has 0 unspecified atom stereocenters. The molecule has 1 nitrogen and oxygen atoms in total. The summed E-state index contributed by atoms with van der Waals surface area (Å²) in [7, 11) is 0. The third kappa shape index (κ3) is 0.731. The molecule has 0 aliphatic heterocycles. The molecular weight excluding hydrogens is 124 g/mol. The fraction of sp³-hybridized carbons (Fsp3) is 1.00. The number of hydrogen-bond acceptors (Lipinski definition) is 1. The number of rotatable bonds is 1. The quantitative estimate of drug-likeness (QED) is 0.590. The normalized spacial score (nSPS) is 43.8. The van der Waals surface area contributed by atoms with Crippen LogP contribution < -0.4 is 0 Å². The SMILES string of the molecule is C[C@H]1CC[C@H]1C1(O)CCC1. The molecule has 58 valence electrons. The molecule has 1 heteroatoms. The molecule has 0 spiro atoms. The summed E-state index contributed by atoms with van der Waals surface area (Å²) < 4.78 is 0. The Bertz CT molecular complexity index is 138. The van der Waals surface area contributed by atoms with Gasteiger partial charge in [0.15, 0.2) is 0 Å². The van der Waals surface area contributed by atoms with E-state index in [9.17, 15) is 5.11 Å². The largest absolute Gasteiger partial charge is 0.390 e. The first kappa shape index (κ1) is 6.66. The Hall–Kier alpha value is -0.0400. The predicted molar refractivity (Wildman–Crippen MR) is 40.7 cm³/mol. The summed E-state index contributed by atoms with van der Waals surface area (Å²) in [6.07, 6.45) is 6.01. The van der Waals surface area contributed by atoms with Crippen LogP contribution in [-0.4, -0.2) is 10.7 Å². The van der Waals surface area contributed by atoms with Gasteiger partial charge in [0.05, 0.1) is 5.60 Å². The Balaban J connectivity index is 1.97. The van der Waals surface area contributed by atoms with Gasteiger partial charge in [0.1, 0.15) is 0 Å². The zero-order valence-corrected chi connectivity index (χ0v) is 6.64. The fourth-order valence-electron chi connectivity index (χ4n) is 2.37. The number of hydrogen-bond donors (Lipinski definition) is 1. The van der Waals surface area contributed by atoms with Crippen LogP contribution in [0.25, 0.3) is 0 Å². The molecule has 2 fully saturated rings. The molecule has 0 heterocycles. The molecule has 2 saturated carbocycles. The molecule has 1 N–H and O–H groups in total. The maximum absolute atomic E-state index is 9.90. The van der Waals surface area contributed by atoms with Gasteiger partial charge in [-0.25, -0.2) is 0 Å². The van der Waals surface area contributed by atoms with Crippen molar-refractivity contribution in [2.45, 2.75) is 44.6 Å². The van der Waals surface area contributed by atoms with Gasteiger partial charge in [-0.15, -0.1) is 0 Å². The smallest absolute Gasteiger partial charge is 0.0678 e. The van der Waals surface area contributed by atoms with Crippen LogP contribution >= 0.6 is 0 Å². The van der Waals surface area contributed by atoms with E-state index in [-0.39, 0.29) is 5.60 Å². The first-order valence-corrected chi connectivity index (χ1v) is 4.45. The van der Waals surface area contributed by atoms with E-state index in [4.69, 9.17) is 0 Å². The van der Waals surface area contributed by atoms with Gasteiger partial charge < -0.3 is 5.11 Å². The molecule has 0 amide bonds. The molecule has 2 aliphatic rings. The van der Waals surface area contributed by atoms with Crippen LogP contribution in [0.15, 0.2) is 0 Å². The average Bonchev–Trinajstić information content (AvgIpc) is 1.81. The van der Waals surface area contributed by atoms with E-state index >= 15 is 0 Å². The van der Waals surface area contributed by atoms with E-state index in [1.165, 1.54) is 19.3 Å². The molecule has 0 aromatic carbocycles. The van der Waals surface area contributed by atoms with E-state index in [2.05, 4.69) is 6.92 Å². The van der Waals surface area contributed by atoms with Gasteiger partial charge in [-0.2, -0.15) is 0 Å². The summed E-state index contributed by atoms with van der Waals surface area (Å²) in [5, 5.41) is 9.90. The van der Waals surface area contributed by atoms with Gasteiger partial charge in [-0.05, 0) is 43.9 Å². The second-order valence-electron chi connectivity index (χ2n) is 4.12. The molecule has 10 heavy (non-hydrogen) atoms. The molecule has 0 bridgehead atoms. The summed E-state index contributed by atoms with van der Waals surface area (Å²) in [5.74, 6) is 1.45. The number of aliphatic hydroxyl groups is 1. The predicted octanol–water partition coefficient (Wildman–Crippen LogP) is 1.95. The standard InChI is InChI=1S/C9H16O/c1-7-3-4-8(7)9(10)5-2-6-9/h7-8,10H,2-6H2,1H3/t7-,8+/m0/s1. The van der Waals surface area contributed by atoms with Gasteiger partial charge in [0, 0.05) is 0 Å². The zero-order valence-electron chi connectivity index (χ0n) is 6.64. The van der Waals surface area contributed by atoms with Crippen LogP contribution in [0.5, 0.6) is 0 Å². The highest BCUT2D eigenvalue weighted by Gasteiger charge is 2.47. The Morgan fingerprint density at radius 3 is 2.10 bits per heavy atom. The highest BCUT2D eigenvalue weighted by atomic mass is 16.3. The minimum Gasteiger partial charge on any atom is -0.390 e. The van der Waals surface area contributed by atoms with Crippen molar-refractivity contribution in [3.8, 4) is 0 Å². The van der Waals surface area contributed by atoms with Crippen molar-refractivity contribution in [2.24, 2.45) is 11.8 Å². The lowest BCUT2D eigenvalue weighted by Crippen LogP contribution is -2.50. The van der Waals surface area contributed by atoms with Crippen LogP contribution in [0.4, 0.5) is 0 Å². The minimum atomic E-state index is -0.211. The Kier molecular flexibility index (Phi) is 1.31. The Morgan fingerprint density at radius 2 is 2.00 bits per heavy atom. The van der Waals surface area contributed by atoms with Gasteiger partial charge in [-0.3, -0.25) is 0 Å². The summed E-state index contributed by atoms with van der Waals surface area (Å²) in [6, 6.07) is 0. The minimum absolute atomic E-state index is 0.211. The average molecular weight is 140 g/mol. The van der Waals surface area contributed by atoms with E-state index in [1.54, 1.807) is 0 Å². The highest BCUT2D eigenvalue weighted by Crippen LogP contribution is 2.50. The Morgan fingerprint density at radius 1 is 1.30 bits per heavy atom. The molecule has 0 aromatic heterocycles. The van der Waals surface area contributed by atoms with Crippen LogP contribution in [-0.2, 0) is 0 Å². The molecule has 2 rings (SSSR count). The van der Waals surface area contributed by atoms with E-state index in [0.717, 1.165) is 18.8 Å². The Labute approximate surface area is 62.4 Å². The molecule has 0 radical (unpaired) electrons. The first-order chi connectivity index (χ1) is 4.72. The second-order valence-corrected chi connectivity index (χ2v) is 4.12. The van der Waals surface area contributed by atoms with Gasteiger partial charge in [-0.1, -0.05) is 6.92 Å². The summed E-state index contributed by atoms with van der Waals surface area (Å²) in [5.41, 5.74) is -0.211. The molecule has 2 aliphatic carbocycles. The maximum atomic E-state index is 9.90. The summed E-state index contributed by atoms with van der Waals surface area (Å²) in [4.78, 5) is 0. The van der Waals surface area contributed by atoms with Crippen molar-refractivity contribution in [2.75, 3.05) is 0 Å². The van der Waals surface area contributed by atoms with E-state index in [1.807, 2.05) is 0 Å². The van der Waals surface area contributed by atoms with Gasteiger partial charge >= 0.3 is 0 Å². The summed E-state index contributed by atoms with van der Waals surface area (Å²) >= 11 is 0. The van der Waals surface area contributed by atoms with Crippen molar-refractivity contribution in [3.05, 3.63) is 0 Å². The molecule has 0 aromatic rings. The van der Waals surface area contributed by atoms with Crippen molar-refractivity contribution >= 4 is 0 Å². The third-order valence-corrected chi connectivity index (χ3v) is 3.53. The first-order valence-electron chi connectivity index (χ1n) is 4.45. The lowest BCUT2D eigenvalue weighted by Gasteiger charge is -2.51. The highest BCUT2D eigenvalue weighted by molar-refractivity contribution is 4.99. The zero-order chi connectivity index (χ0) is 7.19. The van der Waals surface area contributed by atoms with E-state index < -0.39 is 0 Å². The van der Waals surface area contributed by atoms with Crippen LogP contribution in [0, 0.1) is 11.8 Å². The molecule has 2 atom stereocenters. The van der Waals surface area contributed by atoms with Crippen molar-refractivity contribution < 1.29 is 5.11 Å². The molecule has 0 saturated heterocycles. The summed E-state index contributed by atoms with van der Waals surface area (Å²) in [6.45, 7) is 2.27. The topological polar surface area (TPSA) is 20.2 Å². The van der Waals surface area contributed by atoms with Gasteiger partial charge in [0.2, 0.25) is 0 Å². The monoisotopic (exact) mass is 140 g/mol. The lowest BCUT2D eigenvalue weighted by molar-refractivity contribution is -0.130. The maximum Gasteiger partial charge on any atom is 0.0678 e. The lowest BCUT2D eigenvalue weighted by atomic mass is 9.59. The van der Waals surface area contributed by atoms with Gasteiger partial charge in [0.25, 0.3) is 0 Å². The van der Waals surface area contributed by atoms with Crippen LogP contribution in [0.1, 0.15) is 39.0 Å². The van der Waals surface area contributed by atoms with Crippen molar-refractivity contribution in [1.29, 1.82) is 0 Å². The third-order valence-electron chi connectivity index (χ3n) is 3.53. The fourth-order valence-corrected chi connectivity index (χ4v) is 2.37. The molecular formula is C9H16O. The second kappa shape index (κ2) is 1.97. The van der Waals surface area contributed by atoms with E-state index in [0.29, 0.717) is 5.92 Å². The van der Waals surface area contributed by atoms with Crippen molar-refractivity contribution in [3.63, 3.8) is 0 Å². The van der Waals surface area contributed by atoms with Crippen LogP contribution in [0.2, 0.25) is 0 Å².